The van der Waals surface area contributed by atoms with E-state index < -0.39 is 12.0 Å². The zero-order valence-corrected chi connectivity index (χ0v) is 15.2. The zero-order chi connectivity index (χ0) is 18.6. The number of hydrogen-bond acceptors (Lipinski definition) is 5. The van der Waals surface area contributed by atoms with Gasteiger partial charge in [-0.25, -0.2) is 9.59 Å². The first-order valence-corrected chi connectivity index (χ1v) is 8.08. The summed E-state index contributed by atoms with van der Waals surface area (Å²) in [6, 6.07) is 4.43. The summed E-state index contributed by atoms with van der Waals surface area (Å²) in [6.45, 7) is 4.31. The SMILES string of the molecule is CCCOc1ccc(C2NC(=O)N(C)C(C)=C2C(=O)OC)cc1OC. The summed E-state index contributed by atoms with van der Waals surface area (Å²) in [5.41, 5.74) is 1.64. The van der Waals surface area contributed by atoms with Crippen LogP contribution in [-0.2, 0) is 9.53 Å². The predicted octanol–water partition coefficient (Wildman–Crippen LogP) is 2.63. The Morgan fingerprint density at radius 3 is 2.60 bits per heavy atom. The molecule has 0 aliphatic carbocycles. The van der Waals surface area contributed by atoms with Gasteiger partial charge in [-0.15, -0.1) is 0 Å². The van der Waals surface area contributed by atoms with E-state index in [0.717, 1.165) is 6.42 Å². The molecule has 7 heteroatoms. The Morgan fingerprint density at radius 2 is 2.00 bits per heavy atom. The number of carbonyl (C=O) groups excluding carboxylic acids is 2. The standard InChI is InChI=1S/C18H24N2O5/c1-6-9-25-13-8-7-12(10-14(13)23-4)16-15(17(21)24-5)11(2)20(3)18(22)19-16/h7-8,10,16H,6,9H2,1-5H3,(H,19,22). The maximum absolute atomic E-state index is 12.3. The molecular formula is C18H24N2O5. The van der Waals surface area contributed by atoms with E-state index in [1.54, 1.807) is 39.3 Å². The minimum atomic E-state index is -0.620. The van der Waals surface area contributed by atoms with Gasteiger partial charge in [-0.05, 0) is 31.0 Å². The highest BCUT2D eigenvalue weighted by Crippen LogP contribution is 2.35. The highest BCUT2D eigenvalue weighted by Gasteiger charge is 2.35. The van der Waals surface area contributed by atoms with E-state index in [9.17, 15) is 9.59 Å². The summed E-state index contributed by atoms with van der Waals surface area (Å²) < 4.78 is 15.9. The Morgan fingerprint density at radius 1 is 1.28 bits per heavy atom. The third kappa shape index (κ3) is 3.70. The second kappa shape index (κ2) is 7.92. The number of nitrogens with zero attached hydrogens (tertiary/aromatic N) is 1. The molecule has 0 aromatic heterocycles. The van der Waals surface area contributed by atoms with Gasteiger partial charge in [0.2, 0.25) is 0 Å². The van der Waals surface area contributed by atoms with Crippen LogP contribution in [0.1, 0.15) is 31.9 Å². The second-order valence-corrected chi connectivity index (χ2v) is 5.69. The van der Waals surface area contributed by atoms with Crippen molar-refractivity contribution in [3.05, 3.63) is 35.0 Å². The predicted molar refractivity (Wildman–Crippen MR) is 92.5 cm³/mol. The summed E-state index contributed by atoms with van der Waals surface area (Å²) in [5.74, 6) is 0.674. The number of hydrogen-bond donors (Lipinski definition) is 1. The van der Waals surface area contributed by atoms with Gasteiger partial charge in [-0.2, -0.15) is 0 Å². The lowest BCUT2D eigenvalue weighted by atomic mass is 9.94. The zero-order valence-electron chi connectivity index (χ0n) is 15.2. The molecule has 1 aliphatic heterocycles. The summed E-state index contributed by atoms with van der Waals surface area (Å²) in [5, 5.41) is 2.82. The normalized spacial score (nSPS) is 17.2. The molecule has 7 nitrogen and oxygen atoms in total. The first-order chi connectivity index (χ1) is 11.9. The van der Waals surface area contributed by atoms with Gasteiger partial charge in [0.1, 0.15) is 0 Å². The fraction of sp³-hybridized carbons (Fsp3) is 0.444. The van der Waals surface area contributed by atoms with Crippen LogP contribution in [0.15, 0.2) is 29.5 Å². The number of carbonyl (C=O) groups is 2. The molecule has 1 aliphatic rings. The molecule has 1 atom stereocenters. The first kappa shape index (κ1) is 18.6. The van der Waals surface area contributed by atoms with Gasteiger partial charge in [0.15, 0.2) is 11.5 Å². The Hall–Kier alpha value is -2.70. The molecule has 0 bridgehead atoms. The van der Waals surface area contributed by atoms with Crippen LogP contribution in [0.3, 0.4) is 0 Å². The molecule has 2 amide bonds. The third-order valence-corrected chi connectivity index (χ3v) is 4.14. The van der Waals surface area contributed by atoms with Gasteiger partial charge in [-0.1, -0.05) is 13.0 Å². The van der Waals surface area contributed by atoms with Crippen molar-refractivity contribution < 1.29 is 23.8 Å². The van der Waals surface area contributed by atoms with Crippen LogP contribution in [0.5, 0.6) is 11.5 Å². The quantitative estimate of drug-likeness (QED) is 0.800. The van der Waals surface area contributed by atoms with Crippen LogP contribution >= 0.6 is 0 Å². The number of nitrogens with one attached hydrogen (secondary N) is 1. The van der Waals surface area contributed by atoms with Crippen LogP contribution in [-0.4, -0.2) is 44.8 Å². The molecule has 1 aromatic carbocycles. The molecule has 1 aromatic rings. The van der Waals surface area contributed by atoms with Crippen molar-refractivity contribution in [2.45, 2.75) is 26.3 Å². The maximum atomic E-state index is 12.3. The Labute approximate surface area is 147 Å². The van der Waals surface area contributed by atoms with E-state index in [2.05, 4.69) is 5.32 Å². The maximum Gasteiger partial charge on any atom is 0.337 e. The lowest BCUT2D eigenvalue weighted by Crippen LogP contribution is -2.46. The molecule has 136 valence electrons. The van der Waals surface area contributed by atoms with Crippen molar-refractivity contribution in [2.75, 3.05) is 27.9 Å². The topological polar surface area (TPSA) is 77.1 Å². The van der Waals surface area contributed by atoms with Crippen molar-refractivity contribution in [1.29, 1.82) is 0 Å². The van der Waals surface area contributed by atoms with Crippen LogP contribution in [0.25, 0.3) is 0 Å². The molecule has 1 unspecified atom stereocenters. The van der Waals surface area contributed by atoms with Crippen molar-refractivity contribution in [3.8, 4) is 11.5 Å². The number of esters is 1. The highest BCUT2D eigenvalue weighted by molar-refractivity contribution is 5.94. The number of benzene rings is 1. The summed E-state index contributed by atoms with van der Waals surface area (Å²) in [7, 11) is 4.47. The van der Waals surface area contributed by atoms with Gasteiger partial charge in [0.25, 0.3) is 0 Å². The van der Waals surface area contributed by atoms with Gasteiger partial charge < -0.3 is 24.4 Å². The van der Waals surface area contributed by atoms with E-state index in [0.29, 0.717) is 34.9 Å². The Kier molecular flexibility index (Phi) is 5.90. The molecule has 0 fully saturated rings. The largest absolute Gasteiger partial charge is 0.493 e. The van der Waals surface area contributed by atoms with Crippen molar-refractivity contribution in [2.24, 2.45) is 0 Å². The number of methoxy groups -OCH3 is 2. The summed E-state index contributed by atoms with van der Waals surface area (Å²) >= 11 is 0. The van der Waals surface area contributed by atoms with E-state index in [4.69, 9.17) is 14.2 Å². The minimum Gasteiger partial charge on any atom is -0.493 e. The van der Waals surface area contributed by atoms with E-state index in [1.165, 1.54) is 12.0 Å². The lowest BCUT2D eigenvalue weighted by Gasteiger charge is -2.33. The molecule has 0 spiro atoms. The molecule has 0 saturated heterocycles. The average Bonchev–Trinajstić information content (AvgIpc) is 2.63. The molecule has 0 radical (unpaired) electrons. The first-order valence-electron chi connectivity index (χ1n) is 8.08. The number of allylic oxidation sites excluding steroid dienone is 1. The van der Waals surface area contributed by atoms with Crippen molar-refractivity contribution >= 4 is 12.0 Å². The van der Waals surface area contributed by atoms with Gasteiger partial charge in [-0.3, -0.25) is 0 Å². The van der Waals surface area contributed by atoms with Gasteiger partial charge >= 0.3 is 12.0 Å². The highest BCUT2D eigenvalue weighted by atomic mass is 16.5. The minimum absolute atomic E-state index is 0.291. The smallest absolute Gasteiger partial charge is 0.337 e. The number of urea groups is 1. The van der Waals surface area contributed by atoms with Crippen LogP contribution in [0, 0.1) is 0 Å². The van der Waals surface area contributed by atoms with Gasteiger partial charge in [0.05, 0.1) is 32.4 Å². The van der Waals surface area contributed by atoms with Crippen LogP contribution in [0.2, 0.25) is 0 Å². The Balaban J connectivity index is 2.47. The molecule has 0 saturated carbocycles. The fourth-order valence-corrected chi connectivity index (χ4v) is 2.65. The molecular weight excluding hydrogens is 324 g/mol. The van der Waals surface area contributed by atoms with Gasteiger partial charge in [0, 0.05) is 12.7 Å². The van der Waals surface area contributed by atoms with E-state index >= 15 is 0 Å². The number of rotatable bonds is 6. The summed E-state index contributed by atoms with van der Waals surface area (Å²) in [6.07, 6.45) is 0.879. The monoisotopic (exact) mass is 348 g/mol. The van der Waals surface area contributed by atoms with Crippen LogP contribution in [0.4, 0.5) is 4.79 Å². The van der Waals surface area contributed by atoms with E-state index in [-0.39, 0.29) is 6.03 Å². The third-order valence-electron chi connectivity index (χ3n) is 4.14. The average molecular weight is 348 g/mol. The van der Waals surface area contributed by atoms with Crippen molar-refractivity contribution in [3.63, 3.8) is 0 Å². The van der Waals surface area contributed by atoms with Crippen molar-refractivity contribution in [1.82, 2.24) is 10.2 Å². The van der Waals surface area contributed by atoms with E-state index in [1.807, 2.05) is 6.92 Å². The lowest BCUT2D eigenvalue weighted by molar-refractivity contribution is -0.136. The molecule has 1 N–H and O–H groups in total. The molecule has 25 heavy (non-hydrogen) atoms. The van der Waals surface area contributed by atoms with Crippen LogP contribution < -0.4 is 14.8 Å². The Bertz CT molecular complexity index is 699. The number of amides is 2. The summed E-state index contributed by atoms with van der Waals surface area (Å²) in [4.78, 5) is 25.8. The fourth-order valence-electron chi connectivity index (χ4n) is 2.65. The molecule has 2 rings (SSSR count). The number of ether oxygens (including phenoxy) is 3. The molecule has 1 heterocycles. The second-order valence-electron chi connectivity index (χ2n) is 5.69.